The van der Waals surface area contributed by atoms with E-state index in [2.05, 4.69) is 15.9 Å². The molecule has 0 aromatic heterocycles. The summed E-state index contributed by atoms with van der Waals surface area (Å²) in [4.78, 5) is 0. The molecule has 0 heterocycles. The van der Waals surface area contributed by atoms with E-state index >= 15 is 0 Å². The van der Waals surface area contributed by atoms with Crippen molar-refractivity contribution in [3.05, 3.63) is 57.6 Å². The second-order valence-corrected chi connectivity index (χ2v) is 5.15. The third kappa shape index (κ3) is 3.16. The van der Waals surface area contributed by atoms with Crippen molar-refractivity contribution < 1.29 is 23.4 Å². The van der Waals surface area contributed by atoms with Crippen LogP contribution in [0.3, 0.4) is 0 Å². The number of aliphatic hydroxyl groups is 1. The van der Waals surface area contributed by atoms with Gasteiger partial charge < -0.3 is 14.6 Å². The van der Waals surface area contributed by atoms with E-state index in [9.17, 15) is 13.9 Å². The molecule has 21 heavy (non-hydrogen) atoms. The van der Waals surface area contributed by atoms with Crippen LogP contribution in [-0.4, -0.2) is 19.3 Å². The lowest BCUT2D eigenvalue weighted by molar-refractivity contribution is 0.212. The van der Waals surface area contributed by atoms with Crippen molar-refractivity contribution in [3.63, 3.8) is 0 Å². The minimum Gasteiger partial charge on any atom is -0.493 e. The summed E-state index contributed by atoms with van der Waals surface area (Å²) < 4.78 is 37.8. The number of ether oxygens (including phenoxy) is 2. The third-order valence-electron chi connectivity index (χ3n) is 3.05. The predicted molar refractivity (Wildman–Crippen MR) is 77.7 cm³/mol. The molecule has 3 nitrogen and oxygen atoms in total. The van der Waals surface area contributed by atoms with Gasteiger partial charge in [0.15, 0.2) is 11.5 Å². The van der Waals surface area contributed by atoms with Crippen molar-refractivity contribution in [2.45, 2.75) is 6.10 Å². The second kappa shape index (κ2) is 6.41. The molecule has 0 saturated carbocycles. The van der Waals surface area contributed by atoms with E-state index in [1.54, 1.807) is 6.07 Å². The minimum atomic E-state index is -1.34. The number of halogens is 3. The average Bonchev–Trinajstić information content (AvgIpc) is 2.48. The summed E-state index contributed by atoms with van der Waals surface area (Å²) >= 11 is 3.28. The van der Waals surface area contributed by atoms with Gasteiger partial charge in [0.05, 0.1) is 14.2 Å². The Hall–Kier alpha value is -1.66. The molecule has 6 heteroatoms. The fourth-order valence-corrected chi connectivity index (χ4v) is 2.51. The highest BCUT2D eigenvalue weighted by Crippen LogP contribution is 2.38. The second-order valence-electron chi connectivity index (χ2n) is 4.30. The molecule has 1 N–H and O–H groups in total. The Morgan fingerprint density at radius 1 is 1.00 bits per heavy atom. The van der Waals surface area contributed by atoms with Gasteiger partial charge in [-0.25, -0.2) is 8.78 Å². The molecule has 2 aromatic carbocycles. The zero-order valence-electron chi connectivity index (χ0n) is 11.4. The topological polar surface area (TPSA) is 38.7 Å². The smallest absolute Gasteiger partial charge is 0.161 e. The number of aliphatic hydroxyl groups excluding tert-OH is 1. The van der Waals surface area contributed by atoms with Gasteiger partial charge in [-0.2, -0.15) is 0 Å². The van der Waals surface area contributed by atoms with Crippen molar-refractivity contribution >= 4 is 15.9 Å². The Kier molecular flexibility index (Phi) is 4.80. The van der Waals surface area contributed by atoms with E-state index in [0.717, 1.165) is 18.2 Å². The summed E-state index contributed by atoms with van der Waals surface area (Å²) in [6, 6.07) is 6.04. The van der Waals surface area contributed by atoms with E-state index in [-0.39, 0.29) is 5.56 Å². The fourth-order valence-electron chi connectivity index (χ4n) is 1.97. The number of hydrogen-bond acceptors (Lipinski definition) is 3. The first-order valence-electron chi connectivity index (χ1n) is 6.02. The van der Waals surface area contributed by atoms with Crippen molar-refractivity contribution in [2.24, 2.45) is 0 Å². The molecular weight excluding hydrogens is 346 g/mol. The van der Waals surface area contributed by atoms with Crippen LogP contribution >= 0.6 is 15.9 Å². The highest BCUT2D eigenvalue weighted by molar-refractivity contribution is 9.10. The van der Waals surface area contributed by atoms with Gasteiger partial charge in [0.1, 0.15) is 17.7 Å². The minimum absolute atomic E-state index is 0.150. The summed E-state index contributed by atoms with van der Waals surface area (Å²) in [6.45, 7) is 0. The maximum atomic E-state index is 13.8. The zero-order chi connectivity index (χ0) is 15.6. The number of rotatable bonds is 4. The molecule has 0 amide bonds. The first-order chi connectivity index (χ1) is 9.97. The fraction of sp³-hybridized carbons (Fsp3) is 0.200. The molecule has 1 unspecified atom stereocenters. The first-order valence-corrected chi connectivity index (χ1v) is 6.81. The van der Waals surface area contributed by atoms with Crippen molar-refractivity contribution in [3.8, 4) is 11.5 Å². The summed E-state index contributed by atoms with van der Waals surface area (Å²) in [7, 11) is 2.93. The predicted octanol–water partition coefficient (Wildman–Crippen LogP) is 3.83. The lowest BCUT2D eigenvalue weighted by Gasteiger charge is -2.17. The van der Waals surface area contributed by atoms with Crippen LogP contribution in [0.4, 0.5) is 8.78 Å². The Morgan fingerprint density at radius 3 is 2.24 bits per heavy atom. The van der Waals surface area contributed by atoms with Crippen LogP contribution in [0, 0.1) is 11.6 Å². The monoisotopic (exact) mass is 358 g/mol. The zero-order valence-corrected chi connectivity index (χ0v) is 12.9. The quantitative estimate of drug-likeness (QED) is 0.902. The number of hydrogen-bond donors (Lipinski definition) is 1. The lowest BCUT2D eigenvalue weighted by atomic mass is 10.0. The molecule has 0 bridgehead atoms. The highest BCUT2D eigenvalue weighted by atomic mass is 79.9. The Bertz CT molecular complexity index is 662. The average molecular weight is 359 g/mol. The molecule has 0 aliphatic rings. The van der Waals surface area contributed by atoms with Crippen molar-refractivity contribution in [1.82, 2.24) is 0 Å². The van der Waals surface area contributed by atoms with Gasteiger partial charge in [-0.05, 0) is 30.3 Å². The van der Waals surface area contributed by atoms with Crippen molar-refractivity contribution in [1.29, 1.82) is 0 Å². The Morgan fingerprint density at radius 2 is 1.62 bits per heavy atom. The molecular formula is C15H13BrF2O3. The van der Waals surface area contributed by atoms with Gasteiger partial charge >= 0.3 is 0 Å². The Balaban J connectivity index is 2.52. The maximum absolute atomic E-state index is 13.8. The van der Waals surface area contributed by atoms with Crippen LogP contribution in [-0.2, 0) is 0 Å². The number of benzene rings is 2. The molecule has 2 rings (SSSR count). The van der Waals surface area contributed by atoms with Gasteiger partial charge in [-0.1, -0.05) is 15.9 Å². The molecule has 0 fully saturated rings. The van der Waals surface area contributed by atoms with Crippen molar-refractivity contribution in [2.75, 3.05) is 14.2 Å². The van der Waals surface area contributed by atoms with Crippen LogP contribution < -0.4 is 9.47 Å². The summed E-state index contributed by atoms with van der Waals surface area (Å²) in [5, 5.41) is 10.3. The summed E-state index contributed by atoms with van der Waals surface area (Å²) in [5.74, 6) is -0.473. The standard InChI is InChI=1S/C15H13BrF2O3/c1-20-13-6-9(11(16)7-14(13)21-2)15(19)10-5-8(17)3-4-12(10)18/h3-7,15,19H,1-2H3. The summed E-state index contributed by atoms with van der Waals surface area (Å²) in [6.07, 6.45) is -1.34. The van der Waals surface area contributed by atoms with E-state index in [1.165, 1.54) is 20.3 Å². The third-order valence-corrected chi connectivity index (χ3v) is 3.74. The highest BCUT2D eigenvalue weighted by Gasteiger charge is 2.21. The maximum Gasteiger partial charge on any atom is 0.161 e. The molecule has 0 saturated heterocycles. The van der Waals surface area contributed by atoms with Crippen LogP contribution in [0.1, 0.15) is 17.2 Å². The number of methoxy groups -OCH3 is 2. The Labute approximate surface area is 129 Å². The van der Waals surface area contributed by atoms with Gasteiger partial charge in [0, 0.05) is 15.6 Å². The normalized spacial score (nSPS) is 12.1. The lowest BCUT2D eigenvalue weighted by Crippen LogP contribution is -2.05. The van der Waals surface area contributed by atoms with E-state index in [0.29, 0.717) is 21.5 Å². The van der Waals surface area contributed by atoms with Crippen LogP contribution in [0.5, 0.6) is 11.5 Å². The van der Waals surface area contributed by atoms with Gasteiger partial charge in [0.2, 0.25) is 0 Å². The van der Waals surface area contributed by atoms with Gasteiger partial charge in [0.25, 0.3) is 0 Å². The molecule has 2 aromatic rings. The van der Waals surface area contributed by atoms with Crippen LogP contribution in [0.2, 0.25) is 0 Å². The van der Waals surface area contributed by atoms with Crippen LogP contribution in [0.15, 0.2) is 34.8 Å². The molecule has 0 radical (unpaired) electrons. The molecule has 0 aliphatic carbocycles. The SMILES string of the molecule is COc1cc(Br)c(C(O)c2cc(F)ccc2F)cc1OC. The molecule has 1 atom stereocenters. The molecule has 0 spiro atoms. The van der Waals surface area contributed by atoms with Gasteiger partial charge in [-0.15, -0.1) is 0 Å². The summed E-state index contributed by atoms with van der Waals surface area (Å²) in [5.41, 5.74) is 0.195. The molecule has 0 aliphatic heterocycles. The van der Waals surface area contributed by atoms with E-state index in [1.807, 2.05) is 0 Å². The van der Waals surface area contributed by atoms with E-state index in [4.69, 9.17) is 9.47 Å². The largest absolute Gasteiger partial charge is 0.493 e. The van der Waals surface area contributed by atoms with Crippen LogP contribution in [0.25, 0.3) is 0 Å². The van der Waals surface area contributed by atoms with Gasteiger partial charge in [-0.3, -0.25) is 0 Å². The molecule has 112 valence electrons. The first kappa shape index (κ1) is 15.7. The van der Waals surface area contributed by atoms with E-state index < -0.39 is 17.7 Å².